The second-order valence-electron chi connectivity index (χ2n) is 7.61. The van der Waals surface area contributed by atoms with Crippen LogP contribution in [0.5, 0.6) is 0 Å². The second kappa shape index (κ2) is 8.08. The average molecular weight is 392 g/mol. The molecule has 0 N–H and O–H groups in total. The molecular formula is C19H29N5O2S. The van der Waals surface area contributed by atoms with E-state index in [1.165, 1.54) is 4.31 Å². The van der Waals surface area contributed by atoms with Gasteiger partial charge in [-0.2, -0.15) is 22.1 Å². The summed E-state index contributed by atoms with van der Waals surface area (Å²) in [6.45, 7) is 5.36. The van der Waals surface area contributed by atoms with Gasteiger partial charge in [-0.05, 0) is 57.2 Å². The fourth-order valence-corrected chi connectivity index (χ4v) is 4.67. The van der Waals surface area contributed by atoms with Gasteiger partial charge in [-0.3, -0.25) is 9.67 Å². The molecule has 0 amide bonds. The summed E-state index contributed by atoms with van der Waals surface area (Å²) in [6, 6.07) is 8.40. The molecule has 27 heavy (non-hydrogen) atoms. The first-order valence-electron chi connectivity index (χ1n) is 9.46. The zero-order valence-electron chi connectivity index (χ0n) is 16.5. The number of rotatable bonds is 6. The summed E-state index contributed by atoms with van der Waals surface area (Å²) in [5.41, 5.74) is 3.02. The predicted octanol–water partition coefficient (Wildman–Crippen LogP) is 2.59. The lowest BCUT2D eigenvalue weighted by atomic mass is 9.93. The monoisotopic (exact) mass is 391 g/mol. The normalized spacial score (nSPS) is 17.1. The van der Waals surface area contributed by atoms with Crippen molar-refractivity contribution in [1.29, 1.82) is 0 Å². The molecule has 0 saturated carbocycles. The van der Waals surface area contributed by atoms with Crippen LogP contribution in [0.1, 0.15) is 38.4 Å². The van der Waals surface area contributed by atoms with Crippen molar-refractivity contribution >= 4 is 10.2 Å². The lowest BCUT2D eigenvalue weighted by molar-refractivity contribution is 0.261. The number of pyridine rings is 1. The van der Waals surface area contributed by atoms with Gasteiger partial charge in [-0.15, -0.1) is 0 Å². The molecule has 0 atom stereocenters. The second-order valence-corrected chi connectivity index (χ2v) is 9.75. The topological polar surface area (TPSA) is 71.3 Å². The van der Waals surface area contributed by atoms with Gasteiger partial charge in [-0.25, -0.2) is 0 Å². The van der Waals surface area contributed by atoms with Crippen LogP contribution in [0, 0.1) is 5.92 Å². The van der Waals surface area contributed by atoms with E-state index in [1.807, 2.05) is 29.1 Å². The summed E-state index contributed by atoms with van der Waals surface area (Å²) in [4.78, 5) is 4.85. The van der Waals surface area contributed by atoms with E-state index < -0.39 is 10.2 Å². The van der Waals surface area contributed by atoms with Gasteiger partial charge < -0.3 is 0 Å². The molecule has 0 radical (unpaired) electrons. The molecule has 1 aliphatic rings. The third-order valence-corrected chi connectivity index (χ3v) is 7.03. The Morgan fingerprint density at radius 3 is 2.52 bits per heavy atom. The lowest BCUT2D eigenvalue weighted by Crippen LogP contribution is -2.44. The van der Waals surface area contributed by atoms with E-state index in [9.17, 15) is 8.42 Å². The molecule has 3 rings (SSSR count). The first kappa shape index (κ1) is 20.0. The minimum atomic E-state index is -3.30. The van der Waals surface area contributed by atoms with Crippen molar-refractivity contribution in [3.8, 4) is 11.4 Å². The molecule has 148 valence electrons. The summed E-state index contributed by atoms with van der Waals surface area (Å²) in [5, 5.41) is 4.39. The Morgan fingerprint density at radius 2 is 1.89 bits per heavy atom. The molecule has 0 aliphatic carbocycles. The molecule has 2 aromatic rings. The molecule has 2 aromatic heterocycles. The molecule has 0 aromatic carbocycles. The van der Waals surface area contributed by atoms with Crippen LogP contribution < -0.4 is 0 Å². The van der Waals surface area contributed by atoms with Crippen LogP contribution in [0.4, 0.5) is 0 Å². The molecule has 0 unspecified atom stereocenters. The van der Waals surface area contributed by atoms with Crippen molar-refractivity contribution in [2.24, 2.45) is 5.92 Å². The third-order valence-electron chi connectivity index (χ3n) is 5.09. The van der Waals surface area contributed by atoms with Crippen LogP contribution in [-0.4, -0.2) is 59.0 Å². The van der Waals surface area contributed by atoms with Gasteiger partial charge in [0.05, 0.1) is 11.4 Å². The van der Waals surface area contributed by atoms with Gasteiger partial charge in [0.2, 0.25) is 0 Å². The van der Waals surface area contributed by atoms with Crippen molar-refractivity contribution in [3.63, 3.8) is 0 Å². The molecule has 0 spiro atoms. The standard InChI is InChI=1S/C19H29N5O2S/c1-15(2)24-19(8-11-20-24)18-7-5-6-17(21-18)14-16-9-12-23(13-10-16)27(25,26)22(3)4/h5-8,11,15-16H,9-10,12-14H2,1-4H3. The highest BCUT2D eigenvalue weighted by molar-refractivity contribution is 7.86. The van der Waals surface area contributed by atoms with Crippen LogP contribution in [0.3, 0.4) is 0 Å². The van der Waals surface area contributed by atoms with E-state index in [2.05, 4.69) is 25.0 Å². The molecule has 3 heterocycles. The summed E-state index contributed by atoms with van der Waals surface area (Å²) < 4.78 is 29.3. The Hall–Kier alpha value is -1.77. The Balaban J connectivity index is 1.67. The molecule has 1 aliphatic heterocycles. The number of nitrogens with zero attached hydrogens (tertiary/aromatic N) is 5. The van der Waals surface area contributed by atoms with E-state index in [4.69, 9.17) is 4.98 Å². The average Bonchev–Trinajstić information content (AvgIpc) is 3.12. The maximum atomic E-state index is 12.2. The Morgan fingerprint density at radius 1 is 1.19 bits per heavy atom. The van der Waals surface area contributed by atoms with Gasteiger partial charge in [0.15, 0.2) is 0 Å². The summed E-state index contributed by atoms with van der Waals surface area (Å²) in [7, 11) is -0.140. The third kappa shape index (κ3) is 4.39. The van der Waals surface area contributed by atoms with Crippen LogP contribution in [0.15, 0.2) is 30.5 Å². The Labute approximate surface area is 162 Å². The molecule has 1 fully saturated rings. The van der Waals surface area contributed by atoms with Crippen molar-refractivity contribution in [1.82, 2.24) is 23.4 Å². The van der Waals surface area contributed by atoms with E-state index in [0.29, 0.717) is 19.0 Å². The quantitative estimate of drug-likeness (QED) is 0.759. The molecule has 1 saturated heterocycles. The van der Waals surface area contributed by atoms with Crippen LogP contribution in [0.25, 0.3) is 11.4 Å². The van der Waals surface area contributed by atoms with Gasteiger partial charge in [0.25, 0.3) is 10.2 Å². The van der Waals surface area contributed by atoms with Gasteiger partial charge in [-0.1, -0.05) is 6.07 Å². The highest BCUT2D eigenvalue weighted by Crippen LogP contribution is 2.25. The predicted molar refractivity (Wildman–Crippen MR) is 106 cm³/mol. The first-order chi connectivity index (χ1) is 12.8. The highest BCUT2D eigenvalue weighted by atomic mass is 32.2. The van der Waals surface area contributed by atoms with Crippen molar-refractivity contribution in [2.75, 3.05) is 27.2 Å². The maximum Gasteiger partial charge on any atom is 0.281 e. The maximum absolute atomic E-state index is 12.2. The van der Waals surface area contributed by atoms with Crippen molar-refractivity contribution in [3.05, 3.63) is 36.2 Å². The van der Waals surface area contributed by atoms with Gasteiger partial charge in [0, 0.05) is 45.1 Å². The number of hydrogen-bond donors (Lipinski definition) is 0. The molecule has 0 bridgehead atoms. The van der Waals surface area contributed by atoms with Crippen LogP contribution >= 0.6 is 0 Å². The molecule has 8 heteroatoms. The van der Waals surface area contributed by atoms with E-state index in [0.717, 1.165) is 36.3 Å². The Bertz CT molecular complexity index is 868. The fraction of sp³-hybridized carbons (Fsp3) is 0.579. The molecular weight excluding hydrogens is 362 g/mol. The van der Waals surface area contributed by atoms with Gasteiger partial charge >= 0.3 is 0 Å². The highest BCUT2D eigenvalue weighted by Gasteiger charge is 2.29. The van der Waals surface area contributed by atoms with Crippen LogP contribution in [-0.2, 0) is 16.6 Å². The Kier molecular flexibility index (Phi) is 5.98. The minimum Gasteiger partial charge on any atom is -0.261 e. The molecule has 7 nitrogen and oxygen atoms in total. The summed E-state index contributed by atoms with van der Waals surface area (Å²) in [5.74, 6) is 0.455. The minimum absolute atomic E-state index is 0.281. The van der Waals surface area contributed by atoms with E-state index in [1.54, 1.807) is 18.4 Å². The number of aromatic nitrogens is 3. The zero-order valence-corrected chi connectivity index (χ0v) is 17.4. The van der Waals surface area contributed by atoms with Crippen molar-refractivity contribution in [2.45, 2.75) is 39.2 Å². The smallest absolute Gasteiger partial charge is 0.261 e. The first-order valence-corrected chi connectivity index (χ1v) is 10.9. The fourth-order valence-electron chi connectivity index (χ4n) is 3.54. The van der Waals surface area contributed by atoms with Gasteiger partial charge in [0.1, 0.15) is 0 Å². The van der Waals surface area contributed by atoms with Crippen molar-refractivity contribution < 1.29 is 8.42 Å². The zero-order chi connectivity index (χ0) is 19.6. The van der Waals surface area contributed by atoms with Crippen LogP contribution in [0.2, 0.25) is 0 Å². The number of piperidine rings is 1. The van der Waals surface area contributed by atoms with E-state index >= 15 is 0 Å². The SMILES string of the molecule is CC(C)n1nccc1-c1cccc(CC2CCN(S(=O)(=O)N(C)C)CC2)n1. The summed E-state index contributed by atoms with van der Waals surface area (Å²) >= 11 is 0. The van der Waals surface area contributed by atoms with E-state index in [-0.39, 0.29) is 6.04 Å². The lowest BCUT2D eigenvalue weighted by Gasteiger charge is -2.32. The number of hydrogen-bond acceptors (Lipinski definition) is 4. The largest absolute Gasteiger partial charge is 0.281 e. The summed E-state index contributed by atoms with van der Waals surface area (Å²) in [6.07, 6.45) is 4.41.